The van der Waals surface area contributed by atoms with Crippen LogP contribution in [0.4, 0.5) is 0 Å². The van der Waals surface area contributed by atoms with E-state index < -0.39 is 0 Å². The summed E-state index contributed by atoms with van der Waals surface area (Å²) in [6, 6.07) is 15.7. The van der Waals surface area contributed by atoms with Gasteiger partial charge in [-0.05, 0) is 43.0 Å². The van der Waals surface area contributed by atoms with Crippen LogP contribution in [0.2, 0.25) is 0 Å². The first kappa shape index (κ1) is 16.3. The molecule has 0 amide bonds. The smallest absolute Gasteiger partial charge is 0.339 e. The Balaban J connectivity index is 1.87. The highest BCUT2D eigenvalue weighted by molar-refractivity contribution is 5.82. The molecule has 0 aliphatic carbocycles. The second-order valence-electron chi connectivity index (χ2n) is 6.03. The predicted molar refractivity (Wildman–Crippen MR) is 96.6 cm³/mol. The fraction of sp³-hybridized carbons (Fsp3) is 0.286. The van der Waals surface area contributed by atoms with Crippen molar-refractivity contribution in [3.63, 3.8) is 0 Å². The summed E-state index contributed by atoms with van der Waals surface area (Å²) in [6.45, 7) is 4.60. The zero-order valence-corrected chi connectivity index (χ0v) is 14.2. The maximum absolute atomic E-state index is 12.2. The van der Waals surface area contributed by atoms with Crippen LogP contribution in [0.3, 0.4) is 0 Å². The molecule has 3 aromatic rings. The number of aryl methyl sites for hydroxylation is 1. The van der Waals surface area contributed by atoms with Crippen molar-refractivity contribution in [3.05, 3.63) is 75.6 Å². The van der Waals surface area contributed by atoms with Crippen LogP contribution >= 0.6 is 0 Å². The minimum absolute atomic E-state index is 0.228. The van der Waals surface area contributed by atoms with E-state index in [-0.39, 0.29) is 5.63 Å². The number of benzene rings is 2. The van der Waals surface area contributed by atoms with E-state index in [2.05, 4.69) is 6.92 Å². The number of ether oxygens (including phenoxy) is 1. The van der Waals surface area contributed by atoms with Gasteiger partial charge in [-0.25, -0.2) is 4.79 Å². The van der Waals surface area contributed by atoms with Crippen LogP contribution in [0.5, 0.6) is 5.75 Å². The van der Waals surface area contributed by atoms with Crippen molar-refractivity contribution < 1.29 is 9.15 Å². The molecule has 1 heterocycles. The fourth-order valence-electron chi connectivity index (χ4n) is 2.85. The van der Waals surface area contributed by atoms with Crippen LogP contribution < -0.4 is 10.4 Å². The van der Waals surface area contributed by atoms with Gasteiger partial charge in [0.1, 0.15) is 17.9 Å². The third-order valence-corrected chi connectivity index (χ3v) is 4.29. The summed E-state index contributed by atoms with van der Waals surface area (Å²) >= 11 is 0. The van der Waals surface area contributed by atoms with Crippen LogP contribution in [0, 0.1) is 6.92 Å². The Bertz CT molecular complexity index is 879. The van der Waals surface area contributed by atoms with Crippen molar-refractivity contribution in [3.8, 4) is 5.75 Å². The molecular formula is C21H22O3. The lowest BCUT2D eigenvalue weighted by atomic mass is 10.0. The molecule has 3 nitrogen and oxygen atoms in total. The van der Waals surface area contributed by atoms with E-state index in [1.54, 1.807) is 6.07 Å². The Morgan fingerprint density at radius 3 is 2.62 bits per heavy atom. The van der Waals surface area contributed by atoms with Gasteiger partial charge in [-0.2, -0.15) is 0 Å². The summed E-state index contributed by atoms with van der Waals surface area (Å²) in [7, 11) is 0. The third-order valence-electron chi connectivity index (χ3n) is 4.29. The van der Waals surface area contributed by atoms with E-state index in [9.17, 15) is 4.79 Å². The topological polar surface area (TPSA) is 39.4 Å². The number of unbranched alkanes of at least 4 members (excludes halogenated alkanes) is 1. The van der Waals surface area contributed by atoms with Crippen LogP contribution in [0.1, 0.15) is 36.5 Å². The van der Waals surface area contributed by atoms with Gasteiger partial charge in [0.05, 0.1) is 0 Å². The number of hydrogen-bond acceptors (Lipinski definition) is 3. The van der Waals surface area contributed by atoms with Crippen molar-refractivity contribution in [2.24, 2.45) is 0 Å². The molecule has 0 aliphatic heterocycles. The summed E-state index contributed by atoms with van der Waals surface area (Å²) < 4.78 is 11.3. The monoisotopic (exact) mass is 322 g/mol. The van der Waals surface area contributed by atoms with Crippen molar-refractivity contribution in [1.29, 1.82) is 0 Å². The van der Waals surface area contributed by atoms with Crippen LogP contribution in [-0.2, 0) is 13.0 Å². The minimum Gasteiger partial charge on any atom is -0.489 e. The number of fused-ring (bicyclic) bond motifs is 1. The molecule has 0 aliphatic rings. The Labute approximate surface area is 141 Å². The zero-order chi connectivity index (χ0) is 16.9. The maximum atomic E-state index is 12.2. The molecule has 0 spiro atoms. The standard InChI is InChI=1S/C21H22O3/c1-3-4-10-19-15(2)18-12-11-17(13-20(18)24-21(19)22)23-14-16-8-6-5-7-9-16/h5-9,11-13H,3-4,10,14H2,1-2H3. The highest BCUT2D eigenvalue weighted by atomic mass is 16.5. The average molecular weight is 322 g/mol. The normalized spacial score (nSPS) is 10.9. The van der Waals surface area contributed by atoms with Gasteiger partial charge >= 0.3 is 5.63 Å². The van der Waals surface area contributed by atoms with E-state index in [1.165, 1.54) is 0 Å². The van der Waals surface area contributed by atoms with Gasteiger partial charge in [0.25, 0.3) is 0 Å². The summed E-state index contributed by atoms with van der Waals surface area (Å²) in [6.07, 6.45) is 2.82. The highest BCUT2D eigenvalue weighted by Crippen LogP contribution is 2.25. The summed E-state index contributed by atoms with van der Waals surface area (Å²) in [5, 5.41) is 0.979. The van der Waals surface area contributed by atoms with E-state index in [1.807, 2.05) is 49.4 Å². The van der Waals surface area contributed by atoms with Gasteiger partial charge in [-0.15, -0.1) is 0 Å². The number of rotatable bonds is 6. The molecule has 0 atom stereocenters. The lowest BCUT2D eigenvalue weighted by molar-refractivity contribution is 0.306. The van der Waals surface area contributed by atoms with Gasteiger partial charge in [-0.1, -0.05) is 43.7 Å². The molecule has 0 bridgehead atoms. The van der Waals surface area contributed by atoms with Crippen molar-refractivity contribution >= 4 is 11.0 Å². The van der Waals surface area contributed by atoms with Crippen LogP contribution in [0.15, 0.2) is 57.7 Å². The fourth-order valence-corrected chi connectivity index (χ4v) is 2.85. The first-order chi connectivity index (χ1) is 11.7. The molecule has 3 rings (SSSR count). The first-order valence-corrected chi connectivity index (χ1v) is 8.42. The van der Waals surface area contributed by atoms with Gasteiger partial charge in [0.2, 0.25) is 0 Å². The third kappa shape index (κ3) is 3.51. The molecule has 0 radical (unpaired) electrons. The van der Waals surface area contributed by atoms with E-state index in [0.717, 1.165) is 41.3 Å². The summed E-state index contributed by atoms with van der Waals surface area (Å²) in [4.78, 5) is 12.2. The van der Waals surface area contributed by atoms with Gasteiger partial charge in [-0.3, -0.25) is 0 Å². The molecule has 0 N–H and O–H groups in total. The molecule has 0 saturated heterocycles. The Kier molecular flexibility index (Phi) is 4.99. The van der Waals surface area contributed by atoms with Crippen molar-refractivity contribution in [1.82, 2.24) is 0 Å². The zero-order valence-electron chi connectivity index (χ0n) is 14.2. The largest absolute Gasteiger partial charge is 0.489 e. The Morgan fingerprint density at radius 1 is 1.08 bits per heavy atom. The highest BCUT2D eigenvalue weighted by Gasteiger charge is 2.11. The molecule has 1 aromatic heterocycles. The second kappa shape index (κ2) is 7.35. The molecule has 24 heavy (non-hydrogen) atoms. The second-order valence-corrected chi connectivity index (χ2v) is 6.03. The van der Waals surface area contributed by atoms with E-state index in [0.29, 0.717) is 17.9 Å². The minimum atomic E-state index is -0.228. The first-order valence-electron chi connectivity index (χ1n) is 8.42. The van der Waals surface area contributed by atoms with Crippen LogP contribution in [-0.4, -0.2) is 0 Å². The Morgan fingerprint density at radius 2 is 1.88 bits per heavy atom. The lowest BCUT2D eigenvalue weighted by Crippen LogP contribution is -2.10. The van der Waals surface area contributed by atoms with E-state index in [4.69, 9.17) is 9.15 Å². The van der Waals surface area contributed by atoms with Gasteiger partial charge in [0.15, 0.2) is 0 Å². The molecule has 0 unspecified atom stereocenters. The average Bonchev–Trinajstić information content (AvgIpc) is 2.60. The summed E-state index contributed by atoms with van der Waals surface area (Å²) in [5.74, 6) is 0.704. The van der Waals surface area contributed by atoms with Crippen LogP contribution in [0.25, 0.3) is 11.0 Å². The van der Waals surface area contributed by atoms with Gasteiger partial charge < -0.3 is 9.15 Å². The molecule has 124 valence electrons. The molecule has 0 fully saturated rings. The maximum Gasteiger partial charge on any atom is 0.339 e. The molecule has 3 heteroatoms. The van der Waals surface area contributed by atoms with Gasteiger partial charge in [0, 0.05) is 17.0 Å². The van der Waals surface area contributed by atoms with Crippen molar-refractivity contribution in [2.75, 3.05) is 0 Å². The number of hydrogen-bond donors (Lipinski definition) is 0. The molecule has 2 aromatic carbocycles. The molecular weight excluding hydrogens is 300 g/mol. The van der Waals surface area contributed by atoms with E-state index >= 15 is 0 Å². The van der Waals surface area contributed by atoms with Crippen molar-refractivity contribution in [2.45, 2.75) is 39.7 Å². The lowest BCUT2D eigenvalue weighted by Gasteiger charge is -2.10. The molecule has 0 saturated carbocycles. The predicted octanol–water partition coefficient (Wildman–Crippen LogP) is 5.02. The Hall–Kier alpha value is -2.55. The summed E-state index contributed by atoms with van der Waals surface area (Å²) in [5.41, 5.74) is 3.27. The SMILES string of the molecule is CCCCc1c(C)c2ccc(OCc3ccccc3)cc2oc1=O. The quantitative estimate of drug-likeness (QED) is 0.598.